The number of carbonyl (C=O) groups is 1. The van der Waals surface area contributed by atoms with Gasteiger partial charge in [0, 0.05) is 20.1 Å². The molecule has 0 aromatic heterocycles. The summed E-state index contributed by atoms with van der Waals surface area (Å²) in [5.74, 6) is -0.234. The first kappa shape index (κ1) is 14.5. The maximum atomic E-state index is 12.7. The van der Waals surface area contributed by atoms with Crippen molar-refractivity contribution in [2.45, 2.75) is 26.2 Å². The molecule has 0 radical (unpaired) electrons. The first-order valence-electron chi connectivity index (χ1n) is 6.37. The maximum absolute atomic E-state index is 12.7. The van der Waals surface area contributed by atoms with Crippen molar-refractivity contribution >= 4 is 6.03 Å². The molecule has 1 rings (SSSR count). The standard InChI is InChI=1S/C14H21FN2O/c1-3-4-11-17(2)14(18)16-10-9-12-5-7-13(15)8-6-12/h5-8H,3-4,9-11H2,1-2H3,(H,16,18). The van der Waals surface area contributed by atoms with Crippen LogP contribution in [0, 0.1) is 5.82 Å². The number of amides is 2. The van der Waals surface area contributed by atoms with Crippen molar-refractivity contribution < 1.29 is 9.18 Å². The second kappa shape index (κ2) is 7.69. The van der Waals surface area contributed by atoms with E-state index in [1.165, 1.54) is 12.1 Å². The monoisotopic (exact) mass is 252 g/mol. The molecule has 0 aliphatic carbocycles. The lowest BCUT2D eigenvalue weighted by molar-refractivity contribution is 0.208. The quantitative estimate of drug-likeness (QED) is 0.829. The molecule has 4 heteroatoms. The van der Waals surface area contributed by atoms with Gasteiger partial charge >= 0.3 is 6.03 Å². The van der Waals surface area contributed by atoms with E-state index in [1.807, 2.05) is 0 Å². The summed E-state index contributed by atoms with van der Waals surface area (Å²) in [6.07, 6.45) is 2.81. The third-order valence-corrected chi connectivity index (χ3v) is 2.80. The molecule has 1 N–H and O–H groups in total. The summed E-state index contributed by atoms with van der Waals surface area (Å²) in [5, 5.41) is 2.85. The van der Waals surface area contributed by atoms with Gasteiger partial charge in [-0.2, -0.15) is 0 Å². The van der Waals surface area contributed by atoms with Gasteiger partial charge in [0.05, 0.1) is 0 Å². The van der Waals surface area contributed by atoms with Crippen molar-refractivity contribution in [3.63, 3.8) is 0 Å². The van der Waals surface area contributed by atoms with Crippen LogP contribution in [0.4, 0.5) is 9.18 Å². The molecule has 2 amide bonds. The highest BCUT2D eigenvalue weighted by Crippen LogP contribution is 2.02. The Bertz CT molecular complexity index is 365. The van der Waals surface area contributed by atoms with Crippen molar-refractivity contribution in [2.75, 3.05) is 20.1 Å². The predicted octanol–water partition coefficient (Wildman–Crippen LogP) is 2.81. The van der Waals surface area contributed by atoms with Gasteiger partial charge in [-0.15, -0.1) is 0 Å². The largest absolute Gasteiger partial charge is 0.338 e. The van der Waals surface area contributed by atoms with E-state index in [0.29, 0.717) is 13.0 Å². The van der Waals surface area contributed by atoms with Crippen LogP contribution < -0.4 is 5.32 Å². The van der Waals surface area contributed by atoms with Crippen LogP contribution in [0.1, 0.15) is 25.3 Å². The predicted molar refractivity (Wildman–Crippen MR) is 71.0 cm³/mol. The molecule has 1 aromatic carbocycles. The number of hydrogen-bond acceptors (Lipinski definition) is 1. The lowest BCUT2D eigenvalue weighted by Crippen LogP contribution is -2.38. The van der Waals surface area contributed by atoms with Crippen LogP contribution in [-0.4, -0.2) is 31.1 Å². The van der Waals surface area contributed by atoms with Crippen LogP contribution in [0.2, 0.25) is 0 Å². The summed E-state index contributed by atoms with van der Waals surface area (Å²) < 4.78 is 12.7. The number of carbonyl (C=O) groups excluding carboxylic acids is 1. The van der Waals surface area contributed by atoms with E-state index in [-0.39, 0.29) is 11.8 Å². The maximum Gasteiger partial charge on any atom is 0.317 e. The molecule has 0 unspecified atom stereocenters. The van der Waals surface area contributed by atoms with Gasteiger partial charge in [-0.3, -0.25) is 0 Å². The van der Waals surface area contributed by atoms with E-state index in [9.17, 15) is 9.18 Å². The van der Waals surface area contributed by atoms with Gasteiger partial charge in [-0.1, -0.05) is 25.5 Å². The fraction of sp³-hybridized carbons (Fsp3) is 0.500. The average molecular weight is 252 g/mol. The van der Waals surface area contributed by atoms with Crippen LogP contribution in [0.25, 0.3) is 0 Å². The Morgan fingerprint density at radius 3 is 2.61 bits per heavy atom. The third kappa shape index (κ3) is 5.17. The van der Waals surface area contributed by atoms with Crippen molar-refractivity contribution in [2.24, 2.45) is 0 Å². The van der Waals surface area contributed by atoms with Gasteiger partial charge in [0.2, 0.25) is 0 Å². The summed E-state index contributed by atoms with van der Waals surface area (Å²) in [6.45, 7) is 3.44. The lowest BCUT2D eigenvalue weighted by atomic mass is 10.1. The summed E-state index contributed by atoms with van der Waals surface area (Å²) in [5.41, 5.74) is 1.02. The van der Waals surface area contributed by atoms with Gasteiger partial charge in [-0.05, 0) is 30.5 Å². The zero-order valence-electron chi connectivity index (χ0n) is 11.1. The Labute approximate surface area is 108 Å². The van der Waals surface area contributed by atoms with Crippen LogP contribution in [0.15, 0.2) is 24.3 Å². The number of rotatable bonds is 6. The van der Waals surface area contributed by atoms with Crippen molar-refractivity contribution in [3.8, 4) is 0 Å². The molecule has 0 fully saturated rings. The molecule has 0 aliphatic heterocycles. The van der Waals surface area contributed by atoms with E-state index in [4.69, 9.17) is 0 Å². The second-order valence-corrected chi connectivity index (χ2v) is 4.38. The number of nitrogens with zero attached hydrogens (tertiary/aromatic N) is 1. The summed E-state index contributed by atoms with van der Waals surface area (Å²) in [7, 11) is 1.79. The zero-order valence-corrected chi connectivity index (χ0v) is 11.1. The Morgan fingerprint density at radius 2 is 2.00 bits per heavy atom. The van der Waals surface area contributed by atoms with Crippen LogP contribution in [-0.2, 0) is 6.42 Å². The van der Waals surface area contributed by atoms with E-state index >= 15 is 0 Å². The zero-order chi connectivity index (χ0) is 13.4. The number of halogens is 1. The van der Waals surface area contributed by atoms with Crippen LogP contribution in [0.5, 0.6) is 0 Å². The summed E-state index contributed by atoms with van der Waals surface area (Å²) >= 11 is 0. The molecule has 0 atom stereocenters. The number of unbranched alkanes of at least 4 members (excludes halogenated alkanes) is 1. The molecule has 0 saturated carbocycles. The smallest absolute Gasteiger partial charge is 0.317 e. The molecule has 0 spiro atoms. The average Bonchev–Trinajstić information content (AvgIpc) is 2.38. The van der Waals surface area contributed by atoms with E-state index in [1.54, 1.807) is 24.1 Å². The molecule has 100 valence electrons. The number of nitrogens with one attached hydrogen (secondary N) is 1. The lowest BCUT2D eigenvalue weighted by Gasteiger charge is -2.17. The van der Waals surface area contributed by atoms with Gasteiger partial charge in [0.25, 0.3) is 0 Å². The molecule has 0 bridgehead atoms. The summed E-state index contributed by atoms with van der Waals surface area (Å²) in [4.78, 5) is 13.3. The van der Waals surface area contributed by atoms with Crippen molar-refractivity contribution in [1.82, 2.24) is 10.2 Å². The second-order valence-electron chi connectivity index (χ2n) is 4.38. The van der Waals surface area contributed by atoms with Crippen molar-refractivity contribution in [1.29, 1.82) is 0 Å². The number of benzene rings is 1. The molecule has 18 heavy (non-hydrogen) atoms. The Hall–Kier alpha value is -1.58. The topological polar surface area (TPSA) is 32.3 Å². The van der Waals surface area contributed by atoms with Gasteiger partial charge in [-0.25, -0.2) is 9.18 Å². The van der Waals surface area contributed by atoms with Crippen LogP contribution >= 0.6 is 0 Å². The minimum Gasteiger partial charge on any atom is -0.338 e. The van der Waals surface area contributed by atoms with Gasteiger partial charge < -0.3 is 10.2 Å². The fourth-order valence-corrected chi connectivity index (χ4v) is 1.60. The molecule has 0 heterocycles. The molecular formula is C14H21FN2O. The van der Waals surface area contributed by atoms with E-state index < -0.39 is 0 Å². The SMILES string of the molecule is CCCCN(C)C(=O)NCCc1ccc(F)cc1. The molecule has 1 aromatic rings. The van der Waals surface area contributed by atoms with Crippen molar-refractivity contribution in [3.05, 3.63) is 35.6 Å². The highest BCUT2D eigenvalue weighted by Gasteiger charge is 2.06. The van der Waals surface area contributed by atoms with Gasteiger partial charge in [0.1, 0.15) is 5.82 Å². The Balaban J connectivity index is 2.24. The minimum absolute atomic E-state index is 0.0504. The summed E-state index contributed by atoms with van der Waals surface area (Å²) in [6, 6.07) is 6.30. The first-order chi connectivity index (χ1) is 8.63. The van der Waals surface area contributed by atoms with Crippen LogP contribution in [0.3, 0.4) is 0 Å². The minimum atomic E-state index is -0.234. The normalized spacial score (nSPS) is 10.2. The fourth-order valence-electron chi connectivity index (χ4n) is 1.60. The number of urea groups is 1. The molecule has 0 saturated heterocycles. The van der Waals surface area contributed by atoms with E-state index in [2.05, 4.69) is 12.2 Å². The molecule has 3 nitrogen and oxygen atoms in total. The Morgan fingerprint density at radius 1 is 1.33 bits per heavy atom. The third-order valence-electron chi connectivity index (χ3n) is 2.80. The molecular weight excluding hydrogens is 231 g/mol. The highest BCUT2D eigenvalue weighted by atomic mass is 19.1. The number of hydrogen-bond donors (Lipinski definition) is 1. The Kier molecular flexibility index (Phi) is 6.19. The molecule has 0 aliphatic rings. The highest BCUT2D eigenvalue weighted by molar-refractivity contribution is 5.73. The first-order valence-corrected chi connectivity index (χ1v) is 6.37. The van der Waals surface area contributed by atoms with E-state index in [0.717, 1.165) is 24.9 Å². The van der Waals surface area contributed by atoms with Gasteiger partial charge in [0.15, 0.2) is 0 Å².